The Morgan fingerprint density at radius 3 is 2.14 bits per heavy atom. The van der Waals surface area contributed by atoms with Crippen LogP contribution in [-0.4, -0.2) is 20.9 Å². The molecule has 0 heterocycles. The Morgan fingerprint density at radius 1 is 0.897 bits per heavy atom. The van der Waals surface area contributed by atoms with E-state index in [1.54, 1.807) is 43.3 Å². The molecule has 0 saturated carbocycles. The highest BCUT2D eigenvalue weighted by atomic mass is 32.2. The lowest BCUT2D eigenvalue weighted by atomic mass is 10.1. The zero-order valence-electron chi connectivity index (χ0n) is 16.5. The minimum atomic E-state index is -3.71. The van der Waals surface area contributed by atoms with E-state index >= 15 is 0 Å². The SMILES string of the molecule is CCN(c1ccccc1)S(=O)(=O)c1ccc(C(=O)NCc2ccccc2C)cc1. The van der Waals surface area contributed by atoms with Gasteiger partial charge >= 0.3 is 0 Å². The third-order valence-corrected chi connectivity index (χ3v) is 6.65. The van der Waals surface area contributed by atoms with Gasteiger partial charge in [0.25, 0.3) is 15.9 Å². The Hall–Kier alpha value is -3.12. The Kier molecular flexibility index (Phi) is 6.34. The number of hydrogen-bond acceptors (Lipinski definition) is 3. The zero-order chi connectivity index (χ0) is 20.9. The minimum absolute atomic E-state index is 0.152. The zero-order valence-corrected chi connectivity index (χ0v) is 17.3. The molecule has 0 aromatic heterocycles. The van der Waals surface area contributed by atoms with E-state index in [0.717, 1.165) is 11.1 Å². The van der Waals surface area contributed by atoms with Crippen molar-refractivity contribution in [2.45, 2.75) is 25.3 Å². The summed E-state index contributed by atoms with van der Waals surface area (Å²) in [7, 11) is -3.71. The van der Waals surface area contributed by atoms with Crippen LogP contribution in [0.25, 0.3) is 0 Å². The fourth-order valence-corrected chi connectivity index (χ4v) is 4.55. The van der Waals surface area contributed by atoms with Crippen LogP contribution in [0.3, 0.4) is 0 Å². The molecule has 0 radical (unpaired) electrons. The van der Waals surface area contributed by atoms with E-state index in [1.165, 1.54) is 16.4 Å². The van der Waals surface area contributed by atoms with Gasteiger partial charge in [-0.2, -0.15) is 0 Å². The van der Waals surface area contributed by atoms with Gasteiger partial charge in [-0.3, -0.25) is 9.10 Å². The number of para-hydroxylation sites is 1. The van der Waals surface area contributed by atoms with Gasteiger partial charge in [-0.15, -0.1) is 0 Å². The number of rotatable bonds is 7. The predicted octanol–water partition coefficient (Wildman–Crippen LogP) is 4.14. The number of benzene rings is 3. The van der Waals surface area contributed by atoms with Gasteiger partial charge in [0.05, 0.1) is 10.6 Å². The number of anilines is 1. The first-order valence-electron chi connectivity index (χ1n) is 9.44. The number of aryl methyl sites for hydroxylation is 1. The molecule has 0 unspecified atom stereocenters. The average molecular weight is 409 g/mol. The van der Waals surface area contributed by atoms with Gasteiger partial charge in [0, 0.05) is 18.7 Å². The predicted molar refractivity (Wildman–Crippen MR) is 115 cm³/mol. The highest BCUT2D eigenvalue weighted by Crippen LogP contribution is 2.23. The fourth-order valence-electron chi connectivity index (χ4n) is 3.08. The number of carbonyl (C=O) groups is 1. The molecule has 5 nitrogen and oxygen atoms in total. The van der Waals surface area contributed by atoms with Crippen molar-refractivity contribution in [3.8, 4) is 0 Å². The van der Waals surface area contributed by atoms with Gasteiger partial charge in [-0.05, 0) is 61.4 Å². The van der Waals surface area contributed by atoms with E-state index in [0.29, 0.717) is 24.3 Å². The second kappa shape index (κ2) is 8.92. The van der Waals surface area contributed by atoms with Crippen LogP contribution < -0.4 is 9.62 Å². The third kappa shape index (κ3) is 4.66. The van der Waals surface area contributed by atoms with Crippen molar-refractivity contribution >= 4 is 21.6 Å². The topological polar surface area (TPSA) is 66.5 Å². The summed E-state index contributed by atoms with van der Waals surface area (Å²) < 4.78 is 27.4. The summed E-state index contributed by atoms with van der Waals surface area (Å²) in [6.45, 7) is 4.51. The maximum atomic E-state index is 13.0. The highest BCUT2D eigenvalue weighted by Gasteiger charge is 2.23. The van der Waals surface area contributed by atoms with Crippen molar-refractivity contribution in [2.24, 2.45) is 0 Å². The molecule has 0 fully saturated rings. The summed E-state index contributed by atoms with van der Waals surface area (Å²) in [6, 6.07) is 22.8. The average Bonchev–Trinajstić information content (AvgIpc) is 2.74. The maximum Gasteiger partial charge on any atom is 0.264 e. The number of amides is 1. The van der Waals surface area contributed by atoms with Crippen LogP contribution in [-0.2, 0) is 16.6 Å². The Morgan fingerprint density at radius 2 is 1.52 bits per heavy atom. The Labute approximate surface area is 172 Å². The maximum absolute atomic E-state index is 13.0. The molecule has 3 rings (SSSR count). The van der Waals surface area contributed by atoms with Crippen molar-refractivity contribution in [3.05, 3.63) is 95.6 Å². The van der Waals surface area contributed by atoms with Crippen LogP contribution in [0.5, 0.6) is 0 Å². The van der Waals surface area contributed by atoms with E-state index in [1.807, 2.05) is 37.3 Å². The summed E-state index contributed by atoms with van der Waals surface area (Å²) in [5.74, 6) is -0.243. The summed E-state index contributed by atoms with van der Waals surface area (Å²) in [6.07, 6.45) is 0. The van der Waals surface area contributed by atoms with Crippen LogP contribution in [0.15, 0.2) is 83.8 Å². The van der Waals surface area contributed by atoms with E-state index in [2.05, 4.69) is 5.32 Å². The molecule has 0 spiro atoms. The molecule has 0 aliphatic rings. The number of nitrogens with one attached hydrogen (secondary N) is 1. The van der Waals surface area contributed by atoms with E-state index in [9.17, 15) is 13.2 Å². The summed E-state index contributed by atoms with van der Waals surface area (Å²) in [5, 5.41) is 2.88. The number of sulfonamides is 1. The van der Waals surface area contributed by atoms with Crippen molar-refractivity contribution < 1.29 is 13.2 Å². The lowest BCUT2D eigenvalue weighted by Crippen LogP contribution is -2.30. The van der Waals surface area contributed by atoms with Crippen LogP contribution in [0.4, 0.5) is 5.69 Å². The quantitative estimate of drug-likeness (QED) is 0.639. The smallest absolute Gasteiger partial charge is 0.264 e. The Balaban J connectivity index is 1.75. The van der Waals surface area contributed by atoms with Crippen molar-refractivity contribution in [1.82, 2.24) is 5.32 Å². The second-order valence-electron chi connectivity index (χ2n) is 6.64. The van der Waals surface area contributed by atoms with Crippen molar-refractivity contribution in [3.63, 3.8) is 0 Å². The molecule has 150 valence electrons. The summed E-state index contributed by atoms with van der Waals surface area (Å²) in [4.78, 5) is 12.6. The highest BCUT2D eigenvalue weighted by molar-refractivity contribution is 7.92. The van der Waals surface area contributed by atoms with Crippen LogP contribution in [0, 0.1) is 6.92 Å². The monoisotopic (exact) mass is 408 g/mol. The second-order valence-corrected chi connectivity index (χ2v) is 8.50. The van der Waals surface area contributed by atoms with Gasteiger partial charge in [0.1, 0.15) is 0 Å². The molecule has 29 heavy (non-hydrogen) atoms. The molecular weight excluding hydrogens is 384 g/mol. The van der Waals surface area contributed by atoms with Gasteiger partial charge < -0.3 is 5.32 Å². The molecule has 0 bridgehead atoms. The van der Waals surface area contributed by atoms with Gasteiger partial charge in [0.2, 0.25) is 0 Å². The normalized spacial score (nSPS) is 11.1. The first-order chi connectivity index (χ1) is 13.9. The molecule has 0 saturated heterocycles. The number of hydrogen-bond donors (Lipinski definition) is 1. The molecule has 3 aromatic carbocycles. The lowest BCUT2D eigenvalue weighted by molar-refractivity contribution is 0.0951. The summed E-state index contributed by atoms with van der Waals surface area (Å²) >= 11 is 0. The first kappa shape index (κ1) is 20.6. The molecule has 0 aliphatic heterocycles. The Bertz CT molecular complexity index is 1080. The largest absolute Gasteiger partial charge is 0.348 e. The molecule has 0 aliphatic carbocycles. The van der Waals surface area contributed by atoms with E-state index in [4.69, 9.17) is 0 Å². The molecule has 1 amide bonds. The number of nitrogens with zero attached hydrogens (tertiary/aromatic N) is 1. The lowest BCUT2D eigenvalue weighted by Gasteiger charge is -2.23. The minimum Gasteiger partial charge on any atom is -0.348 e. The number of carbonyl (C=O) groups excluding carboxylic acids is 1. The van der Waals surface area contributed by atoms with Crippen LogP contribution in [0.2, 0.25) is 0 Å². The van der Waals surface area contributed by atoms with Crippen LogP contribution >= 0.6 is 0 Å². The molecule has 6 heteroatoms. The van der Waals surface area contributed by atoms with Gasteiger partial charge in [-0.1, -0.05) is 42.5 Å². The van der Waals surface area contributed by atoms with Crippen molar-refractivity contribution in [2.75, 3.05) is 10.8 Å². The van der Waals surface area contributed by atoms with Crippen molar-refractivity contribution in [1.29, 1.82) is 0 Å². The molecular formula is C23H24N2O3S. The molecule has 1 N–H and O–H groups in total. The first-order valence-corrected chi connectivity index (χ1v) is 10.9. The van der Waals surface area contributed by atoms with Gasteiger partial charge in [-0.25, -0.2) is 8.42 Å². The van der Waals surface area contributed by atoms with Gasteiger partial charge in [0.15, 0.2) is 0 Å². The van der Waals surface area contributed by atoms with E-state index in [-0.39, 0.29) is 10.8 Å². The summed E-state index contributed by atoms with van der Waals surface area (Å²) in [5.41, 5.74) is 3.17. The third-order valence-electron chi connectivity index (χ3n) is 4.74. The van der Waals surface area contributed by atoms with E-state index < -0.39 is 10.0 Å². The standard InChI is InChI=1S/C23H24N2O3S/c1-3-25(21-11-5-4-6-12-21)29(27,28)22-15-13-19(14-16-22)23(26)24-17-20-10-8-7-9-18(20)2/h4-16H,3,17H2,1-2H3,(H,24,26). The molecule has 0 atom stereocenters. The fraction of sp³-hybridized carbons (Fsp3) is 0.174. The van der Waals surface area contributed by atoms with Crippen LogP contribution in [0.1, 0.15) is 28.4 Å². The molecule has 3 aromatic rings.